The van der Waals surface area contributed by atoms with Crippen molar-refractivity contribution in [1.82, 2.24) is 19.8 Å². The molecule has 1 amide bonds. The Hall–Kier alpha value is -5.30. The van der Waals surface area contributed by atoms with Crippen LogP contribution < -0.4 is 9.64 Å². The summed E-state index contributed by atoms with van der Waals surface area (Å²) in [6.45, 7) is 2.27. The van der Waals surface area contributed by atoms with Crippen molar-refractivity contribution in [3.05, 3.63) is 53.3 Å². The van der Waals surface area contributed by atoms with Gasteiger partial charge in [0.15, 0.2) is 5.82 Å². The number of alkyl halides is 5. The summed E-state index contributed by atoms with van der Waals surface area (Å²) < 4.78 is 116. The van der Waals surface area contributed by atoms with E-state index in [2.05, 4.69) is 10.9 Å². The number of benzene rings is 3. The number of hydrogen-bond acceptors (Lipinski definition) is 8. The highest BCUT2D eigenvalue weighted by atomic mass is 19.4. The molecule has 10 rings (SSSR count). The number of rotatable bonds is 5. The van der Waals surface area contributed by atoms with Gasteiger partial charge >= 0.3 is 18.1 Å². The Morgan fingerprint density at radius 1 is 1.09 bits per heavy atom. The Morgan fingerprint density at radius 3 is 2.51 bits per heavy atom. The molecule has 2 aromatic heterocycles. The zero-order valence-electron chi connectivity index (χ0n) is 30.5. The molecule has 4 saturated heterocycles. The normalized spacial score (nSPS) is 26.6. The summed E-state index contributed by atoms with van der Waals surface area (Å²) in [5.74, 6) is -3.89. The second-order valence-corrected chi connectivity index (χ2v) is 16.4. The summed E-state index contributed by atoms with van der Waals surface area (Å²) in [6.07, 6.45) is 2.66. The van der Waals surface area contributed by atoms with Crippen LogP contribution in [0.2, 0.25) is 0 Å². The molecule has 296 valence electrons. The van der Waals surface area contributed by atoms with Gasteiger partial charge < -0.3 is 24.1 Å². The Balaban J connectivity index is 1.16. The molecule has 3 aromatic carbocycles. The number of phenols is 1. The first-order chi connectivity index (χ1) is 27.0. The Kier molecular flexibility index (Phi) is 7.51. The second kappa shape index (κ2) is 11.9. The van der Waals surface area contributed by atoms with Crippen molar-refractivity contribution in [2.45, 2.75) is 75.2 Å². The molecule has 6 heterocycles. The number of phenolic OH excluding ortho intramolecular Hbond substituents is 1. The van der Waals surface area contributed by atoms with Crippen molar-refractivity contribution in [2.75, 3.05) is 37.7 Å². The smallest absolute Gasteiger partial charge is 0.471 e. The van der Waals surface area contributed by atoms with Crippen molar-refractivity contribution < 1.29 is 49.8 Å². The number of terminal acetylenes is 1. The standard InChI is InChI=1S/C41H34F7N5O4/c1-3-25-28(42)8-5-21-12-24(54)13-26(29(21)25)30-32(43)33-31(27-11-20(2)57-34(27)30)35(51-14-22-6-7-23(15-51)53(22)36(55)41(46,47)48)50-37(49-33)56-19-39-9-4-10-52(39)18-38(16-39)17-40(38,44)45/h1,5,8,11-13,22-23,54H,4,6-7,9-10,14-19H2,2H3/t22-,23+,38-,39-/m0/s1. The third kappa shape index (κ3) is 5.23. The number of nitrogens with zero attached hydrogens (tertiary/aromatic N) is 5. The molecule has 5 aliphatic rings. The van der Waals surface area contributed by atoms with Crippen molar-refractivity contribution in [2.24, 2.45) is 5.41 Å². The quantitative estimate of drug-likeness (QED) is 0.142. The number of piperazine rings is 1. The summed E-state index contributed by atoms with van der Waals surface area (Å²) in [5.41, 5.74) is -2.50. The SMILES string of the molecule is C#Cc1c(F)ccc2cc(O)cc(-c3c(F)c4nc(OC[C@@]56CCCN5C[C@@]5(CC5(F)F)C6)nc(N5C[C@H]6CC[C@@H](C5)N6C(=O)C(F)(F)F)c4c4cc(C)oc34)c12. The number of ether oxygens (including phenoxy) is 1. The molecule has 1 saturated carbocycles. The number of hydrogen-bond donors (Lipinski definition) is 1. The van der Waals surface area contributed by atoms with Gasteiger partial charge in [0.25, 0.3) is 5.92 Å². The number of halogens is 7. The Bertz CT molecular complexity index is 2610. The molecule has 4 aliphatic heterocycles. The predicted molar refractivity (Wildman–Crippen MR) is 194 cm³/mol. The van der Waals surface area contributed by atoms with Crippen LogP contribution in [-0.4, -0.2) is 93.3 Å². The van der Waals surface area contributed by atoms with E-state index in [1.165, 1.54) is 18.2 Å². The zero-order valence-corrected chi connectivity index (χ0v) is 30.5. The molecule has 9 nitrogen and oxygen atoms in total. The lowest BCUT2D eigenvalue weighted by atomic mass is 9.89. The van der Waals surface area contributed by atoms with E-state index in [0.29, 0.717) is 42.3 Å². The van der Waals surface area contributed by atoms with Gasteiger partial charge in [-0.15, -0.1) is 6.42 Å². The van der Waals surface area contributed by atoms with E-state index in [0.717, 1.165) is 17.4 Å². The van der Waals surface area contributed by atoms with Crippen LogP contribution in [-0.2, 0) is 4.79 Å². The average Bonchev–Trinajstić information content (AvgIpc) is 3.62. The number of aromatic hydroxyl groups is 1. The van der Waals surface area contributed by atoms with Gasteiger partial charge in [0, 0.05) is 42.4 Å². The Morgan fingerprint density at radius 2 is 1.82 bits per heavy atom. The molecule has 2 bridgehead atoms. The van der Waals surface area contributed by atoms with Crippen LogP contribution in [0.25, 0.3) is 43.8 Å². The molecule has 4 atom stereocenters. The fourth-order valence-corrected chi connectivity index (χ4v) is 10.4. The molecule has 5 aromatic rings. The summed E-state index contributed by atoms with van der Waals surface area (Å²) >= 11 is 0. The van der Waals surface area contributed by atoms with Gasteiger partial charge in [-0.2, -0.15) is 23.1 Å². The van der Waals surface area contributed by atoms with Gasteiger partial charge in [-0.25, -0.2) is 17.6 Å². The van der Waals surface area contributed by atoms with Crippen molar-refractivity contribution in [3.8, 4) is 35.2 Å². The maximum absolute atomic E-state index is 17.7. The molecule has 0 radical (unpaired) electrons. The van der Waals surface area contributed by atoms with E-state index in [1.54, 1.807) is 17.9 Å². The first-order valence-corrected chi connectivity index (χ1v) is 18.8. The summed E-state index contributed by atoms with van der Waals surface area (Å²) in [4.78, 5) is 26.5. The molecule has 1 N–H and O–H groups in total. The lowest BCUT2D eigenvalue weighted by molar-refractivity contribution is -0.188. The lowest BCUT2D eigenvalue weighted by Gasteiger charge is -2.42. The summed E-state index contributed by atoms with van der Waals surface area (Å²) in [7, 11) is 0. The zero-order chi connectivity index (χ0) is 40.0. The largest absolute Gasteiger partial charge is 0.508 e. The van der Waals surface area contributed by atoms with E-state index in [9.17, 15) is 31.9 Å². The van der Waals surface area contributed by atoms with Gasteiger partial charge in [0.1, 0.15) is 40.9 Å². The number of amides is 1. The second-order valence-electron chi connectivity index (χ2n) is 16.4. The first-order valence-electron chi connectivity index (χ1n) is 18.8. The summed E-state index contributed by atoms with van der Waals surface area (Å²) in [5, 5.41) is 11.7. The monoisotopic (exact) mass is 793 g/mol. The van der Waals surface area contributed by atoms with E-state index in [4.69, 9.17) is 20.6 Å². The highest BCUT2D eigenvalue weighted by Gasteiger charge is 2.77. The topological polar surface area (TPSA) is 95.2 Å². The molecular formula is C41H34F7N5O4. The van der Waals surface area contributed by atoms with Crippen LogP contribution in [0.15, 0.2) is 34.7 Å². The first kappa shape index (κ1) is 36.1. The van der Waals surface area contributed by atoms with Crippen molar-refractivity contribution in [1.29, 1.82) is 0 Å². The summed E-state index contributed by atoms with van der Waals surface area (Å²) in [6, 6.07) is 4.84. The van der Waals surface area contributed by atoms with Crippen LogP contribution >= 0.6 is 0 Å². The maximum Gasteiger partial charge on any atom is 0.471 e. The van der Waals surface area contributed by atoms with E-state index < -0.39 is 52.7 Å². The molecule has 5 fully saturated rings. The molecule has 16 heteroatoms. The fourth-order valence-electron chi connectivity index (χ4n) is 10.4. The molecule has 1 spiro atoms. The van der Waals surface area contributed by atoms with Gasteiger partial charge in [0.2, 0.25) is 0 Å². The van der Waals surface area contributed by atoms with Crippen LogP contribution in [0.1, 0.15) is 49.8 Å². The number of carbonyl (C=O) groups excluding carboxylic acids is 1. The minimum absolute atomic E-state index is 0.00823. The number of aryl methyl sites for hydroxylation is 1. The predicted octanol–water partition coefficient (Wildman–Crippen LogP) is 7.85. The van der Waals surface area contributed by atoms with Crippen molar-refractivity contribution >= 4 is 44.4 Å². The van der Waals surface area contributed by atoms with Gasteiger partial charge in [-0.3, -0.25) is 9.69 Å². The highest BCUT2D eigenvalue weighted by Crippen LogP contribution is 2.69. The van der Waals surface area contributed by atoms with E-state index in [1.807, 2.05) is 4.90 Å². The van der Waals surface area contributed by atoms with Crippen LogP contribution in [0.3, 0.4) is 0 Å². The van der Waals surface area contributed by atoms with Gasteiger partial charge in [-0.1, -0.05) is 12.0 Å². The molecule has 1 aliphatic carbocycles. The van der Waals surface area contributed by atoms with Crippen molar-refractivity contribution in [3.63, 3.8) is 0 Å². The van der Waals surface area contributed by atoms with E-state index in [-0.39, 0.29) is 95.2 Å². The lowest BCUT2D eigenvalue weighted by Crippen LogP contribution is -2.59. The number of anilines is 1. The van der Waals surface area contributed by atoms with E-state index >= 15 is 8.78 Å². The number of aromatic nitrogens is 2. The van der Waals surface area contributed by atoms with Gasteiger partial charge in [0.05, 0.1) is 39.6 Å². The third-order valence-corrected chi connectivity index (χ3v) is 13.0. The third-order valence-electron chi connectivity index (χ3n) is 13.0. The molecular weight excluding hydrogens is 759 g/mol. The Labute approximate surface area is 320 Å². The average molecular weight is 794 g/mol. The fraction of sp³-hybridized carbons (Fsp3) is 0.439. The van der Waals surface area contributed by atoms with Crippen LogP contribution in [0.5, 0.6) is 11.8 Å². The number of carbonyl (C=O) groups is 1. The maximum atomic E-state index is 17.7. The molecule has 57 heavy (non-hydrogen) atoms. The van der Waals surface area contributed by atoms with Crippen LogP contribution in [0.4, 0.5) is 36.6 Å². The highest BCUT2D eigenvalue weighted by molar-refractivity contribution is 6.18. The number of furan rings is 1. The number of fused-ring (bicyclic) bond motifs is 7. The minimum atomic E-state index is -5.07. The minimum Gasteiger partial charge on any atom is -0.508 e. The van der Waals surface area contributed by atoms with Crippen LogP contribution in [0, 0.1) is 36.3 Å². The molecule has 0 unspecified atom stereocenters. The van der Waals surface area contributed by atoms with Gasteiger partial charge in [-0.05, 0) is 75.2 Å².